The van der Waals surface area contributed by atoms with Crippen molar-refractivity contribution >= 4 is 5.97 Å². The molecule has 0 saturated heterocycles. The van der Waals surface area contributed by atoms with E-state index >= 15 is 0 Å². The first kappa shape index (κ1) is 10.7. The van der Waals surface area contributed by atoms with Gasteiger partial charge in [0.15, 0.2) is 0 Å². The molecule has 0 aromatic heterocycles. The lowest BCUT2D eigenvalue weighted by Crippen LogP contribution is -2.06. The number of hydrogen-bond acceptors (Lipinski definition) is 2. The number of rotatable bonds is 3. The summed E-state index contributed by atoms with van der Waals surface area (Å²) in [5, 5.41) is 18.1. The summed E-state index contributed by atoms with van der Waals surface area (Å²) in [6.45, 7) is 3.83. The topological polar surface area (TPSA) is 57.5 Å². The summed E-state index contributed by atoms with van der Waals surface area (Å²) in [6, 6.07) is 5.58. The fourth-order valence-corrected chi connectivity index (χ4v) is 1.47. The lowest BCUT2D eigenvalue weighted by atomic mass is 9.99. The van der Waals surface area contributed by atoms with Crippen molar-refractivity contribution < 1.29 is 15.0 Å². The van der Waals surface area contributed by atoms with Gasteiger partial charge in [0, 0.05) is 0 Å². The van der Waals surface area contributed by atoms with Gasteiger partial charge < -0.3 is 10.2 Å². The molecule has 0 spiro atoms. The number of carboxylic acid groups (broad SMARTS) is 1. The van der Waals surface area contributed by atoms with Crippen LogP contribution in [0.5, 0.6) is 0 Å². The summed E-state index contributed by atoms with van der Waals surface area (Å²) in [5.74, 6) is -0.988. The Morgan fingerprint density at radius 3 is 2.57 bits per heavy atom. The fraction of sp³-hybridized carbons (Fsp3) is 0.364. The normalized spacial score (nSPS) is 12.5. The Hall–Kier alpha value is -1.35. The predicted molar refractivity (Wildman–Crippen MR) is 53.1 cm³/mol. The highest BCUT2D eigenvalue weighted by Crippen LogP contribution is 2.21. The molecule has 0 unspecified atom stereocenters. The van der Waals surface area contributed by atoms with Gasteiger partial charge in [-0.05, 0) is 25.0 Å². The second-order valence-corrected chi connectivity index (χ2v) is 3.47. The van der Waals surface area contributed by atoms with Crippen LogP contribution in [0, 0.1) is 13.8 Å². The van der Waals surface area contributed by atoms with E-state index in [4.69, 9.17) is 5.11 Å². The van der Waals surface area contributed by atoms with E-state index < -0.39 is 12.1 Å². The molecule has 14 heavy (non-hydrogen) atoms. The van der Waals surface area contributed by atoms with Crippen molar-refractivity contribution in [3.63, 3.8) is 0 Å². The largest absolute Gasteiger partial charge is 0.481 e. The molecule has 0 amide bonds. The number of carbonyl (C=O) groups is 1. The standard InChI is InChI=1S/C11H14O3/c1-7-3-4-9(8(2)5-7)10(12)6-11(13)14/h3-5,10,12H,6H2,1-2H3,(H,13,14)/t10-/m0/s1. The number of carboxylic acids is 1. The van der Waals surface area contributed by atoms with Gasteiger partial charge in [-0.3, -0.25) is 4.79 Å². The second-order valence-electron chi connectivity index (χ2n) is 3.47. The van der Waals surface area contributed by atoms with E-state index in [-0.39, 0.29) is 6.42 Å². The predicted octanol–water partition coefficient (Wildman–Crippen LogP) is 1.81. The first-order valence-electron chi connectivity index (χ1n) is 4.47. The molecule has 0 bridgehead atoms. The monoisotopic (exact) mass is 194 g/mol. The third kappa shape index (κ3) is 2.57. The molecule has 76 valence electrons. The first-order chi connectivity index (χ1) is 6.50. The van der Waals surface area contributed by atoms with Crippen LogP contribution in [-0.2, 0) is 4.79 Å². The van der Waals surface area contributed by atoms with Crippen molar-refractivity contribution in [1.82, 2.24) is 0 Å². The lowest BCUT2D eigenvalue weighted by Gasteiger charge is -2.11. The zero-order valence-corrected chi connectivity index (χ0v) is 8.32. The molecular weight excluding hydrogens is 180 g/mol. The van der Waals surface area contributed by atoms with Crippen molar-refractivity contribution in [2.75, 3.05) is 0 Å². The van der Waals surface area contributed by atoms with Crippen molar-refractivity contribution in [2.24, 2.45) is 0 Å². The number of benzene rings is 1. The van der Waals surface area contributed by atoms with E-state index in [1.807, 2.05) is 26.0 Å². The molecule has 3 nitrogen and oxygen atoms in total. The number of aliphatic hydroxyl groups excluding tert-OH is 1. The smallest absolute Gasteiger partial charge is 0.306 e. The highest BCUT2D eigenvalue weighted by molar-refractivity contribution is 5.67. The summed E-state index contributed by atoms with van der Waals surface area (Å²) in [4.78, 5) is 10.4. The van der Waals surface area contributed by atoms with Gasteiger partial charge in [-0.1, -0.05) is 23.8 Å². The van der Waals surface area contributed by atoms with Crippen LogP contribution < -0.4 is 0 Å². The molecule has 0 heterocycles. The first-order valence-corrected chi connectivity index (χ1v) is 4.47. The molecule has 0 saturated carbocycles. The average molecular weight is 194 g/mol. The molecule has 1 aromatic rings. The molecule has 0 aliphatic heterocycles. The Bertz CT molecular complexity index is 344. The Labute approximate surface area is 83.0 Å². The van der Waals surface area contributed by atoms with Crippen LogP contribution in [0.25, 0.3) is 0 Å². The maximum absolute atomic E-state index is 10.4. The molecule has 1 aromatic carbocycles. The van der Waals surface area contributed by atoms with Crippen molar-refractivity contribution in [3.8, 4) is 0 Å². The minimum atomic E-state index is -0.988. The summed E-state index contributed by atoms with van der Waals surface area (Å²) in [6.07, 6.45) is -1.16. The maximum atomic E-state index is 10.4. The van der Waals surface area contributed by atoms with E-state index in [9.17, 15) is 9.90 Å². The Morgan fingerprint density at radius 1 is 1.43 bits per heavy atom. The van der Waals surface area contributed by atoms with Gasteiger partial charge in [0.1, 0.15) is 0 Å². The minimum Gasteiger partial charge on any atom is -0.481 e. The van der Waals surface area contributed by atoms with Crippen LogP contribution in [0.4, 0.5) is 0 Å². The summed E-state index contributed by atoms with van der Waals surface area (Å²) in [7, 11) is 0. The zero-order valence-electron chi connectivity index (χ0n) is 8.32. The zero-order chi connectivity index (χ0) is 10.7. The van der Waals surface area contributed by atoms with E-state index in [0.717, 1.165) is 11.1 Å². The van der Waals surface area contributed by atoms with Gasteiger partial charge in [0.05, 0.1) is 12.5 Å². The molecule has 3 heteroatoms. The van der Waals surface area contributed by atoms with E-state index in [1.54, 1.807) is 6.07 Å². The quantitative estimate of drug-likeness (QED) is 0.771. The van der Waals surface area contributed by atoms with Crippen LogP contribution in [-0.4, -0.2) is 16.2 Å². The third-order valence-electron chi connectivity index (χ3n) is 2.15. The van der Waals surface area contributed by atoms with Crippen LogP contribution in [0.3, 0.4) is 0 Å². The van der Waals surface area contributed by atoms with Crippen LogP contribution in [0.1, 0.15) is 29.2 Å². The van der Waals surface area contributed by atoms with E-state index in [1.165, 1.54) is 0 Å². The molecule has 0 fully saturated rings. The number of hydrogen-bond donors (Lipinski definition) is 2. The SMILES string of the molecule is Cc1ccc([C@@H](O)CC(=O)O)c(C)c1. The van der Waals surface area contributed by atoms with Crippen molar-refractivity contribution in [3.05, 3.63) is 34.9 Å². The molecular formula is C11H14O3. The Balaban J connectivity index is 2.90. The highest BCUT2D eigenvalue weighted by Gasteiger charge is 2.13. The second kappa shape index (κ2) is 4.24. The summed E-state index contributed by atoms with van der Waals surface area (Å²) >= 11 is 0. The fourth-order valence-electron chi connectivity index (χ4n) is 1.47. The summed E-state index contributed by atoms with van der Waals surface area (Å²) in [5.41, 5.74) is 2.73. The third-order valence-corrected chi connectivity index (χ3v) is 2.15. The van der Waals surface area contributed by atoms with Gasteiger partial charge in [-0.2, -0.15) is 0 Å². The summed E-state index contributed by atoms with van der Waals surface area (Å²) < 4.78 is 0. The van der Waals surface area contributed by atoms with Gasteiger partial charge >= 0.3 is 5.97 Å². The van der Waals surface area contributed by atoms with E-state index in [0.29, 0.717) is 5.56 Å². The average Bonchev–Trinajstić information content (AvgIpc) is 2.01. The Kier molecular flexibility index (Phi) is 3.25. The lowest BCUT2D eigenvalue weighted by molar-refractivity contribution is -0.139. The molecule has 2 N–H and O–H groups in total. The maximum Gasteiger partial charge on any atom is 0.306 e. The van der Waals surface area contributed by atoms with Crippen LogP contribution in [0.15, 0.2) is 18.2 Å². The van der Waals surface area contributed by atoms with Gasteiger partial charge in [-0.15, -0.1) is 0 Å². The molecule has 0 radical (unpaired) electrons. The van der Waals surface area contributed by atoms with Gasteiger partial charge in [0.2, 0.25) is 0 Å². The molecule has 0 aliphatic carbocycles. The van der Waals surface area contributed by atoms with Crippen molar-refractivity contribution in [1.29, 1.82) is 0 Å². The highest BCUT2D eigenvalue weighted by atomic mass is 16.4. The molecule has 1 atom stereocenters. The molecule has 0 aliphatic rings. The Morgan fingerprint density at radius 2 is 2.07 bits per heavy atom. The molecule has 1 rings (SSSR count). The van der Waals surface area contributed by atoms with Gasteiger partial charge in [0.25, 0.3) is 0 Å². The number of aliphatic carboxylic acids is 1. The van der Waals surface area contributed by atoms with Gasteiger partial charge in [-0.25, -0.2) is 0 Å². The number of aliphatic hydroxyl groups is 1. The van der Waals surface area contributed by atoms with Crippen molar-refractivity contribution in [2.45, 2.75) is 26.4 Å². The number of aryl methyl sites for hydroxylation is 2. The van der Waals surface area contributed by atoms with E-state index in [2.05, 4.69) is 0 Å². The van der Waals surface area contributed by atoms with Crippen LogP contribution in [0.2, 0.25) is 0 Å². The van der Waals surface area contributed by atoms with Crippen LogP contribution >= 0.6 is 0 Å². The minimum absolute atomic E-state index is 0.246.